The average molecular weight is 386 g/mol. The lowest BCUT2D eigenvalue weighted by molar-refractivity contribution is -0.121. The molecular weight excluding hydrogens is 364 g/mol. The van der Waals surface area contributed by atoms with E-state index < -0.39 is 0 Å². The van der Waals surface area contributed by atoms with Gasteiger partial charge in [-0.1, -0.05) is 36.4 Å². The van der Waals surface area contributed by atoms with Gasteiger partial charge in [0.1, 0.15) is 12.3 Å². The van der Waals surface area contributed by atoms with Gasteiger partial charge in [0.15, 0.2) is 5.43 Å². The third kappa shape index (κ3) is 3.85. The maximum Gasteiger partial charge on any atom is 0.239 e. The Morgan fingerprint density at radius 3 is 2.07 bits per heavy atom. The highest BCUT2D eigenvalue weighted by Crippen LogP contribution is 2.19. The van der Waals surface area contributed by atoms with E-state index in [2.05, 4.69) is 5.32 Å². The summed E-state index contributed by atoms with van der Waals surface area (Å²) in [6.45, 7) is 0.700. The summed E-state index contributed by atoms with van der Waals surface area (Å²) in [5, 5.41) is 4.23. The minimum Gasteiger partial charge on any atom is -0.497 e. The number of fused-ring (bicyclic) bond motifs is 2. The Morgan fingerprint density at radius 2 is 1.48 bits per heavy atom. The first kappa shape index (κ1) is 18.7. The largest absolute Gasteiger partial charge is 0.497 e. The van der Waals surface area contributed by atoms with E-state index in [9.17, 15) is 9.59 Å². The number of amides is 1. The number of benzene rings is 3. The summed E-state index contributed by atoms with van der Waals surface area (Å²) >= 11 is 0. The van der Waals surface area contributed by atoms with Gasteiger partial charge in [0.05, 0.1) is 18.1 Å². The first-order valence-corrected chi connectivity index (χ1v) is 9.57. The van der Waals surface area contributed by atoms with Crippen molar-refractivity contribution in [1.82, 2.24) is 9.88 Å². The smallest absolute Gasteiger partial charge is 0.239 e. The van der Waals surface area contributed by atoms with Crippen LogP contribution in [0.15, 0.2) is 77.6 Å². The van der Waals surface area contributed by atoms with E-state index >= 15 is 0 Å². The number of carbonyl (C=O) groups is 1. The molecule has 0 radical (unpaired) electrons. The Kier molecular flexibility index (Phi) is 5.29. The number of nitrogens with zero attached hydrogens (tertiary/aromatic N) is 1. The molecule has 0 saturated carbocycles. The van der Waals surface area contributed by atoms with Crippen molar-refractivity contribution in [2.24, 2.45) is 0 Å². The van der Waals surface area contributed by atoms with E-state index in [1.54, 1.807) is 7.11 Å². The van der Waals surface area contributed by atoms with Crippen LogP contribution >= 0.6 is 0 Å². The summed E-state index contributed by atoms with van der Waals surface area (Å²) in [5.74, 6) is 0.729. The van der Waals surface area contributed by atoms with Crippen molar-refractivity contribution in [2.75, 3.05) is 13.7 Å². The minimum atomic E-state index is -0.0857. The Morgan fingerprint density at radius 1 is 0.897 bits per heavy atom. The van der Waals surface area contributed by atoms with Gasteiger partial charge in [-0.3, -0.25) is 9.59 Å². The molecular formula is C24H22N2O3. The van der Waals surface area contributed by atoms with Crippen LogP contribution in [0.4, 0.5) is 0 Å². The number of carbonyl (C=O) groups excluding carboxylic acids is 1. The van der Waals surface area contributed by atoms with Crippen LogP contribution in [0.25, 0.3) is 21.8 Å². The van der Waals surface area contributed by atoms with Crippen LogP contribution in [0.2, 0.25) is 0 Å². The minimum absolute atomic E-state index is 0.00707. The second-order valence-corrected chi connectivity index (χ2v) is 6.90. The van der Waals surface area contributed by atoms with Gasteiger partial charge in [0.2, 0.25) is 5.91 Å². The normalized spacial score (nSPS) is 10.9. The van der Waals surface area contributed by atoms with Gasteiger partial charge in [-0.15, -0.1) is 0 Å². The lowest BCUT2D eigenvalue weighted by atomic mass is 10.1. The number of rotatable bonds is 6. The van der Waals surface area contributed by atoms with Gasteiger partial charge in [-0.05, 0) is 48.4 Å². The molecule has 1 aromatic heterocycles. The first-order valence-electron chi connectivity index (χ1n) is 9.57. The standard InChI is InChI=1S/C24H22N2O3/c1-29-18-12-10-17(11-13-18)14-15-25-23(27)16-26-21-8-4-2-6-19(21)24(28)20-7-3-5-9-22(20)26/h2-13H,14-16H2,1H3,(H,25,27). The molecule has 0 unspecified atom stereocenters. The molecule has 1 heterocycles. The Bertz CT molecular complexity index is 1170. The molecule has 1 N–H and O–H groups in total. The molecule has 146 valence electrons. The number of nitrogens with one attached hydrogen (secondary N) is 1. The number of hydrogen-bond donors (Lipinski definition) is 1. The summed E-state index contributed by atoms with van der Waals surface area (Å²) in [6.07, 6.45) is 0.737. The third-order valence-electron chi connectivity index (χ3n) is 5.08. The molecule has 0 saturated heterocycles. The molecule has 0 aliphatic rings. The molecule has 5 heteroatoms. The Labute approximate surface area is 168 Å². The highest BCUT2D eigenvalue weighted by Gasteiger charge is 2.12. The zero-order chi connectivity index (χ0) is 20.2. The number of ether oxygens (including phenoxy) is 1. The Hall–Kier alpha value is -3.60. The van der Waals surface area contributed by atoms with Gasteiger partial charge >= 0.3 is 0 Å². The molecule has 1 amide bonds. The quantitative estimate of drug-likeness (QED) is 0.516. The number of methoxy groups -OCH3 is 1. The first-order chi connectivity index (χ1) is 14.2. The second kappa shape index (κ2) is 8.19. The zero-order valence-electron chi connectivity index (χ0n) is 16.2. The van der Waals surface area contributed by atoms with Crippen LogP contribution in [0.5, 0.6) is 5.75 Å². The van der Waals surface area contributed by atoms with Gasteiger partial charge in [-0.2, -0.15) is 0 Å². The molecule has 0 spiro atoms. The molecule has 29 heavy (non-hydrogen) atoms. The van der Waals surface area contributed by atoms with Gasteiger partial charge in [0, 0.05) is 17.3 Å². The number of para-hydroxylation sites is 2. The van der Waals surface area contributed by atoms with Crippen LogP contribution in [0, 0.1) is 0 Å². The van der Waals surface area contributed by atoms with E-state index in [0.29, 0.717) is 17.3 Å². The van der Waals surface area contributed by atoms with Crippen LogP contribution in [-0.2, 0) is 17.8 Å². The topological polar surface area (TPSA) is 60.3 Å². The van der Waals surface area contributed by atoms with Crippen LogP contribution in [0.1, 0.15) is 5.56 Å². The molecule has 3 aromatic carbocycles. The second-order valence-electron chi connectivity index (χ2n) is 6.90. The monoisotopic (exact) mass is 386 g/mol. The number of pyridine rings is 1. The molecule has 0 bridgehead atoms. The predicted molar refractivity (Wildman–Crippen MR) is 115 cm³/mol. The van der Waals surface area contributed by atoms with E-state index in [1.165, 1.54) is 0 Å². The maximum atomic E-state index is 12.8. The molecule has 5 nitrogen and oxygen atoms in total. The molecule has 4 aromatic rings. The van der Waals surface area contributed by atoms with Gasteiger partial charge in [0.25, 0.3) is 0 Å². The van der Waals surface area contributed by atoms with E-state index in [4.69, 9.17) is 4.74 Å². The van der Waals surface area contributed by atoms with Gasteiger partial charge < -0.3 is 14.6 Å². The highest BCUT2D eigenvalue weighted by molar-refractivity contribution is 5.94. The zero-order valence-corrected chi connectivity index (χ0v) is 16.2. The number of aromatic nitrogens is 1. The maximum absolute atomic E-state index is 12.8. The van der Waals surface area contributed by atoms with E-state index in [0.717, 1.165) is 28.8 Å². The molecule has 0 aliphatic carbocycles. The van der Waals surface area contributed by atoms with E-state index in [1.807, 2.05) is 77.4 Å². The highest BCUT2D eigenvalue weighted by atomic mass is 16.5. The van der Waals surface area contributed by atoms with Crippen molar-refractivity contribution in [3.8, 4) is 5.75 Å². The van der Waals surface area contributed by atoms with Crippen molar-refractivity contribution >= 4 is 27.7 Å². The van der Waals surface area contributed by atoms with E-state index in [-0.39, 0.29) is 17.9 Å². The van der Waals surface area contributed by atoms with Crippen molar-refractivity contribution in [3.63, 3.8) is 0 Å². The number of hydrogen-bond acceptors (Lipinski definition) is 3. The fourth-order valence-electron chi connectivity index (χ4n) is 3.59. The van der Waals surface area contributed by atoms with Crippen LogP contribution in [0.3, 0.4) is 0 Å². The lowest BCUT2D eigenvalue weighted by Crippen LogP contribution is -2.30. The molecule has 0 aliphatic heterocycles. The van der Waals surface area contributed by atoms with Gasteiger partial charge in [-0.25, -0.2) is 0 Å². The van der Waals surface area contributed by atoms with Crippen molar-refractivity contribution in [2.45, 2.75) is 13.0 Å². The van der Waals surface area contributed by atoms with Crippen LogP contribution < -0.4 is 15.5 Å². The van der Waals surface area contributed by atoms with Crippen molar-refractivity contribution < 1.29 is 9.53 Å². The van der Waals surface area contributed by atoms with Crippen LogP contribution in [-0.4, -0.2) is 24.1 Å². The SMILES string of the molecule is COc1ccc(CCNC(=O)Cn2c3ccccc3c(=O)c3ccccc32)cc1. The Balaban J connectivity index is 1.54. The summed E-state index contributed by atoms with van der Waals surface area (Å²) in [6, 6.07) is 22.7. The fraction of sp³-hybridized carbons (Fsp3) is 0.167. The predicted octanol–water partition coefficient (Wildman–Crippen LogP) is 3.52. The average Bonchev–Trinajstić information content (AvgIpc) is 2.77. The molecule has 0 atom stereocenters. The van der Waals surface area contributed by atoms with Crippen molar-refractivity contribution in [1.29, 1.82) is 0 Å². The summed E-state index contributed by atoms with van der Waals surface area (Å²) < 4.78 is 7.07. The lowest BCUT2D eigenvalue weighted by Gasteiger charge is -2.15. The summed E-state index contributed by atoms with van der Waals surface area (Å²) in [7, 11) is 1.64. The summed E-state index contributed by atoms with van der Waals surface area (Å²) in [4.78, 5) is 25.4. The fourth-order valence-corrected chi connectivity index (χ4v) is 3.59. The summed E-state index contributed by atoms with van der Waals surface area (Å²) in [5.41, 5.74) is 2.65. The molecule has 4 rings (SSSR count). The van der Waals surface area contributed by atoms with Crippen molar-refractivity contribution in [3.05, 3.63) is 88.6 Å². The third-order valence-corrected chi connectivity index (χ3v) is 5.08. The molecule has 0 fully saturated rings.